The lowest BCUT2D eigenvalue weighted by Crippen LogP contribution is -2.40. The zero-order chi connectivity index (χ0) is 13.3. The first-order valence-corrected chi connectivity index (χ1v) is 6.39. The standard InChI is InChI=1S/C12H13BrN2O3/c13-8-4-1-3-7(10(8)14)11(16)15-6-2-5-9(15)12(17)18/h1,3-4,9H,2,5-6,14H2,(H,17,18). The van der Waals surface area contributed by atoms with E-state index in [1.165, 1.54) is 4.90 Å². The highest BCUT2D eigenvalue weighted by Crippen LogP contribution is 2.27. The monoisotopic (exact) mass is 312 g/mol. The zero-order valence-corrected chi connectivity index (χ0v) is 11.2. The summed E-state index contributed by atoms with van der Waals surface area (Å²) in [5, 5.41) is 9.07. The smallest absolute Gasteiger partial charge is 0.326 e. The van der Waals surface area contributed by atoms with E-state index in [1.54, 1.807) is 18.2 Å². The molecule has 0 bridgehead atoms. The molecule has 1 aromatic rings. The molecular weight excluding hydrogens is 300 g/mol. The molecule has 0 radical (unpaired) electrons. The predicted molar refractivity (Wildman–Crippen MR) is 70.2 cm³/mol. The van der Waals surface area contributed by atoms with Gasteiger partial charge >= 0.3 is 5.97 Å². The van der Waals surface area contributed by atoms with Crippen LogP contribution in [-0.2, 0) is 4.79 Å². The van der Waals surface area contributed by atoms with Crippen LogP contribution in [0.5, 0.6) is 0 Å². The highest BCUT2D eigenvalue weighted by molar-refractivity contribution is 9.10. The van der Waals surface area contributed by atoms with Crippen molar-refractivity contribution in [2.45, 2.75) is 18.9 Å². The first-order chi connectivity index (χ1) is 8.52. The number of halogens is 1. The third-order valence-electron chi connectivity index (χ3n) is 3.08. The lowest BCUT2D eigenvalue weighted by molar-refractivity contribution is -0.141. The van der Waals surface area contributed by atoms with Gasteiger partial charge in [-0.2, -0.15) is 0 Å². The van der Waals surface area contributed by atoms with Crippen molar-refractivity contribution in [2.75, 3.05) is 12.3 Å². The molecule has 0 saturated carbocycles. The third kappa shape index (κ3) is 2.20. The summed E-state index contributed by atoms with van der Waals surface area (Å²) in [5.74, 6) is -1.28. The summed E-state index contributed by atoms with van der Waals surface area (Å²) in [6, 6.07) is 4.32. The van der Waals surface area contributed by atoms with E-state index in [-0.39, 0.29) is 5.91 Å². The van der Waals surface area contributed by atoms with Crippen LogP contribution in [0.2, 0.25) is 0 Å². The number of anilines is 1. The van der Waals surface area contributed by atoms with Gasteiger partial charge in [-0.05, 0) is 40.9 Å². The van der Waals surface area contributed by atoms with Gasteiger partial charge in [-0.15, -0.1) is 0 Å². The van der Waals surface area contributed by atoms with Crippen molar-refractivity contribution in [2.24, 2.45) is 0 Å². The van der Waals surface area contributed by atoms with E-state index < -0.39 is 12.0 Å². The topological polar surface area (TPSA) is 83.6 Å². The van der Waals surface area contributed by atoms with Gasteiger partial charge in [0.25, 0.3) is 5.91 Å². The van der Waals surface area contributed by atoms with Crippen LogP contribution < -0.4 is 5.73 Å². The molecule has 0 aliphatic carbocycles. The number of carbonyl (C=O) groups is 2. The van der Waals surface area contributed by atoms with Crippen LogP contribution in [0.15, 0.2) is 22.7 Å². The van der Waals surface area contributed by atoms with Crippen LogP contribution in [0.3, 0.4) is 0 Å². The maximum Gasteiger partial charge on any atom is 0.326 e. The first kappa shape index (κ1) is 12.9. The minimum Gasteiger partial charge on any atom is -0.480 e. The second kappa shape index (κ2) is 4.97. The van der Waals surface area contributed by atoms with Gasteiger partial charge in [-0.1, -0.05) is 6.07 Å². The molecule has 1 heterocycles. The van der Waals surface area contributed by atoms with Crippen LogP contribution in [0.4, 0.5) is 5.69 Å². The Labute approximate surface area is 113 Å². The molecule has 1 aliphatic heterocycles. The van der Waals surface area contributed by atoms with Crippen molar-refractivity contribution in [3.8, 4) is 0 Å². The highest BCUT2D eigenvalue weighted by Gasteiger charge is 2.35. The van der Waals surface area contributed by atoms with E-state index in [1.807, 2.05) is 0 Å². The number of hydrogen-bond donors (Lipinski definition) is 2. The molecule has 1 amide bonds. The van der Waals surface area contributed by atoms with Crippen LogP contribution in [0.25, 0.3) is 0 Å². The molecule has 0 spiro atoms. The van der Waals surface area contributed by atoms with Crippen molar-refractivity contribution >= 4 is 33.5 Å². The quantitative estimate of drug-likeness (QED) is 0.814. The van der Waals surface area contributed by atoms with Gasteiger partial charge in [0, 0.05) is 11.0 Å². The van der Waals surface area contributed by atoms with Crippen molar-refractivity contribution in [1.82, 2.24) is 4.90 Å². The number of carboxylic acid groups (broad SMARTS) is 1. The SMILES string of the molecule is Nc1c(Br)cccc1C(=O)N1CCCC1C(=O)O. The Hall–Kier alpha value is -1.56. The van der Waals surface area contributed by atoms with Gasteiger partial charge in [0.15, 0.2) is 0 Å². The number of benzene rings is 1. The van der Waals surface area contributed by atoms with Crippen LogP contribution in [-0.4, -0.2) is 34.5 Å². The molecule has 3 N–H and O–H groups in total. The average molecular weight is 313 g/mol. The van der Waals surface area contributed by atoms with Crippen molar-refractivity contribution in [3.63, 3.8) is 0 Å². The van der Waals surface area contributed by atoms with Gasteiger partial charge < -0.3 is 15.7 Å². The fraction of sp³-hybridized carbons (Fsp3) is 0.333. The van der Waals surface area contributed by atoms with Crippen molar-refractivity contribution in [3.05, 3.63) is 28.2 Å². The lowest BCUT2D eigenvalue weighted by Gasteiger charge is -2.22. The third-order valence-corrected chi connectivity index (χ3v) is 3.77. The van der Waals surface area contributed by atoms with Gasteiger partial charge in [0.1, 0.15) is 6.04 Å². The Kier molecular flexibility index (Phi) is 3.56. The molecule has 0 aromatic heterocycles. The van der Waals surface area contributed by atoms with E-state index in [4.69, 9.17) is 10.8 Å². The molecule has 1 fully saturated rings. The fourth-order valence-corrected chi connectivity index (χ4v) is 2.51. The highest BCUT2D eigenvalue weighted by atomic mass is 79.9. The maximum absolute atomic E-state index is 12.3. The Morgan fingerprint density at radius 2 is 2.17 bits per heavy atom. The second-order valence-corrected chi connectivity index (χ2v) is 5.05. The summed E-state index contributed by atoms with van der Waals surface area (Å²) in [5.41, 5.74) is 6.52. The minimum absolute atomic E-state index is 0.321. The zero-order valence-electron chi connectivity index (χ0n) is 9.60. The summed E-state index contributed by atoms with van der Waals surface area (Å²) in [6.07, 6.45) is 1.20. The number of nitrogens with zero attached hydrogens (tertiary/aromatic N) is 1. The number of carboxylic acids is 1. The van der Waals surface area contributed by atoms with Gasteiger partial charge in [-0.3, -0.25) is 4.79 Å². The molecule has 6 heteroatoms. The van der Waals surface area contributed by atoms with Gasteiger partial charge in [0.05, 0.1) is 11.3 Å². The minimum atomic E-state index is -0.964. The maximum atomic E-state index is 12.3. The number of para-hydroxylation sites is 1. The lowest BCUT2D eigenvalue weighted by atomic mass is 10.1. The number of amides is 1. The molecule has 2 rings (SSSR count). The van der Waals surface area contributed by atoms with Crippen LogP contribution in [0.1, 0.15) is 23.2 Å². The number of rotatable bonds is 2. The molecule has 1 saturated heterocycles. The Morgan fingerprint density at radius 1 is 1.44 bits per heavy atom. The average Bonchev–Trinajstić information content (AvgIpc) is 2.81. The number of hydrogen-bond acceptors (Lipinski definition) is 3. The molecule has 5 nitrogen and oxygen atoms in total. The van der Waals surface area contributed by atoms with E-state index in [0.717, 1.165) is 0 Å². The number of carbonyl (C=O) groups excluding carboxylic acids is 1. The predicted octanol–water partition coefficient (Wildman–Crippen LogP) is 1.72. The second-order valence-electron chi connectivity index (χ2n) is 4.20. The van der Waals surface area contributed by atoms with E-state index >= 15 is 0 Å². The normalized spacial score (nSPS) is 18.9. The van der Waals surface area contributed by atoms with E-state index in [0.29, 0.717) is 35.1 Å². The summed E-state index contributed by atoms with van der Waals surface area (Å²) in [4.78, 5) is 24.7. The Balaban J connectivity index is 2.31. The number of aliphatic carboxylic acids is 1. The first-order valence-electron chi connectivity index (χ1n) is 5.60. The summed E-state index contributed by atoms with van der Waals surface area (Å²) >= 11 is 3.25. The Morgan fingerprint density at radius 3 is 2.83 bits per heavy atom. The molecule has 96 valence electrons. The van der Waals surface area contributed by atoms with Crippen LogP contribution in [0, 0.1) is 0 Å². The van der Waals surface area contributed by atoms with Gasteiger partial charge in [-0.25, -0.2) is 4.79 Å². The van der Waals surface area contributed by atoms with E-state index in [2.05, 4.69) is 15.9 Å². The summed E-state index contributed by atoms with van der Waals surface area (Å²) in [7, 11) is 0. The fourth-order valence-electron chi connectivity index (χ4n) is 2.14. The number of likely N-dealkylation sites (tertiary alicyclic amines) is 1. The molecule has 1 aliphatic rings. The summed E-state index contributed by atoms with van der Waals surface area (Å²) < 4.78 is 0.638. The van der Waals surface area contributed by atoms with Crippen molar-refractivity contribution < 1.29 is 14.7 Å². The number of nitrogen functional groups attached to an aromatic ring is 1. The van der Waals surface area contributed by atoms with Gasteiger partial charge in [0.2, 0.25) is 0 Å². The molecule has 1 atom stereocenters. The molecular formula is C12H13BrN2O3. The number of nitrogens with two attached hydrogens (primary N) is 1. The summed E-state index contributed by atoms with van der Waals surface area (Å²) in [6.45, 7) is 0.460. The molecule has 18 heavy (non-hydrogen) atoms. The Bertz CT molecular complexity index is 504. The molecule has 1 unspecified atom stereocenters. The largest absolute Gasteiger partial charge is 0.480 e. The molecule has 1 aromatic carbocycles. The van der Waals surface area contributed by atoms with Crippen molar-refractivity contribution in [1.29, 1.82) is 0 Å². The van der Waals surface area contributed by atoms with E-state index in [9.17, 15) is 9.59 Å². The van der Waals surface area contributed by atoms with Crippen LogP contribution >= 0.6 is 15.9 Å².